The van der Waals surface area contributed by atoms with E-state index in [1.807, 2.05) is 30.3 Å². The van der Waals surface area contributed by atoms with Crippen LogP contribution in [0.3, 0.4) is 0 Å². The van der Waals surface area contributed by atoms with Gasteiger partial charge in [-0.2, -0.15) is 0 Å². The lowest BCUT2D eigenvalue weighted by atomic mass is 10.1. The molecule has 0 amide bonds. The maximum absolute atomic E-state index is 6.02. The van der Waals surface area contributed by atoms with Gasteiger partial charge >= 0.3 is 0 Å². The van der Waals surface area contributed by atoms with Crippen LogP contribution in [0, 0.1) is 0 Å². The molecule has 2 aromatic carbocycles. The van der Waals surface area contributed by atoms with Crippen LogP contribution < -0.4 is 0 Å². The summed E-state index contributed by atoms with van der Waals surface area (Å²) in [5.41, 5.74) is 3.29. The van der Waals surface area contributed by atoms with Gasteiger partial charge in [-0.15, -0.1) is 0 Å². The molecule has 5 heteroatoms. The molecule has 0 N–H and O–H groups in total. The number of fused-ring (bicyclic) bond motifs is 1. The monoisotopic (exact) mass is 353 g/mol. The molecule has 0 bridgehead atoms. The number of hydrogen-bond donors (Lipinski definition) is 0. The van der Waals surface area contributed by atoms with Gasteiger partial charge in [0.15, 0.2) is 5.82 Å². The van der Waals surface area contributed by atoms with Crippen LogP contribution in [-0.4, -0.2) is 14.5 Å². The molecule has 4 aromatic rings. The molecule has 0 radical (unpaired) electrons. The summed E-state index contributed by atoms with van der Waals surface area (Å²) in [4.78, 5) is 8.62. The molecule has 4 rings (SSSR count). The summed E-state index contributed by atoms with van der Waals surface area (Å²) in [6.45, 7) is 0.810. The Balaban J connectivity index is 1.82. The average molecular weight is 354 g/mol. The Morgan fingerprint density at radius 3 is 2.33 bits per heavy atom. The molecule has 118 valence electrons. The van der Waals surface area contributed by atoms with Gasteiger partial charge in [0, 0.05) is 35.3 Å². The normalized spacial score (nSPS) is 11.1. The molecular formula is C19H13Cl2N3. The molecule has 0 spiro atoms. The van der Waals surface area contributed by atoms with E-state index in [1.54, 1.807) is 0 Å². The van der Waals surface area contributed by atoms with Crippen LogP contribution in [0.4, 0.5) is 0 Å². The standard InChI is InChI=1S/C19H13Cl2N3/c20-17-11-18(21)23-19(22-17)15-7-4-8-16-14(15)9-10-24(16)12-13-5-2-1-3-6-13/h1-11H,12H2. The van der Waals surface area contributed by atoms with Gasteiger partial charge in [0.1, 0.15) is 10.3 Å². The Bertz CT molecular complexity index is 989. The first-order valence-electron chi connectivity index (χ1n) is 7.53. The fourth-order valence-electron chi connectivity index (χ4n) is 2.85. The average Bonchev–Trinajstić information content (AvgIpc) is 2.98. The van der Waals surface area contributed by atoms with Crippen LogP contribution in [-0.2, 0) is 6.54 Å². The second kappa shape index (κ2) is 6.27. The second-order valence-corrected chi connectivity index (χ2v) is 6.28. The smallest absolute Gasteiger partial charge is 0.163 e. The minimum atomic E-state index is 0.339. The highest BCUT2D eigenvalue weighted by Crippen LogP contribution is 2.29. The van der Waals surface area contributed by atoms with Gasteiger partial charge in [-0.05, 0) is 17.7 Å². The van der Waals surface area contributed by atoms with Gasteiger partial charge in [-0.3, -0.25) is 0 Å². The number of hydrogen-bond acceptors (Lipinski definition) is 2. The molecule has 0 aliphatic heterocycles. The summed E-state index contributed by atoms with van der Waals surface area (Å²) >= 11 is 12.0. The van der Waals surface area contributed by atoms with Crippen LogP contribution in [0.5, 0.6) is 0 Å². The zero-order valence-electron chi connectivity index (χ0n) is 12.7. The predicted molar refractivity (Wildman–Crippen MR) is 98.5 cm³/mol. The van der Waals surface area contributed by atoms with Gasteiger partial charge < -0.3 is 4.57 Å². The van der Waals surface area contributed by atoms with E-state index in [4.69, 9.17) is 23.2 Å². The first-order chi connectivity index (χ1) is 11.7. The predicted octanol–water partition coefficient (Wildman–Crippen LogP) is 5.45. The highest BCUT2D eigenvalue weighted by atomic mass is 35.5. The first-order valence-corrected chi connectivity index (χ1v) is 8.28. The third kappa shape index (κ3) is 2.88. The molecule has 0 fully saturated rings. The van der Waals surface area contributed by atoms with Crippen molar-refractivity contribution in [3.05, 3.63) is 82.7 Å². The number of nitrogens with zero attached hydrogens (tertiary/aromatic N) is 3. The Morgan fingerprint density at radius 2 is 1.58 bits per heavy atom. The Kier molecular flexibility index (Phi) is 3.97. The van der Waals surface area contributed by atoms with E-state index in [0.29, 0.717) is 16.1 Å². The fraction of sp³-hybridized carbons (Fsp3) is 0.0526. The minimum absolute atomic E-state index is 0.339. The molecule has 24 heavy (non-hydrogen) atoms. The number of aromatic nitrogens is 3. The molecule has 0 aliphatic rings. The van der Waals surface area contributed by atoms with Crippen molar-refractivity contribution < 1.29 is 0 Å². The summed E-state index contributed by atoms with van der Waals surface area (Å²) < 4.78 is 2.21. The van der Waals surface area contributed by atoms with E-state index in [9.17, 15) is 0 Å². The van der Waals surface area contributed by atoms with Crippen molar-refractivity contribution in [1.82, 2.24) is 14.5 Å². The lowest BCUT2D eigenvalue weighted by molar-refractivity contribution is 0.837. The van der Waals surface area contributed by atoms with Gasteiger partial charge in [0.2, 0.25) is 0 Å². The van der Waals surface area contributed by atoms with Crippen molar-refractivity contribution >= 4 is 34.1 Å². The quantitative estimate of drug-likeness (QED) is 0.458. The molecular weight excluding hydrogens is 341 g/mol. The third-order valence-corrected chi connectivity index (χ3v) is 4.30. The second-order valence-electron chi connectivity index (χ2n) is 5.50. The zero-order valence-corrected chi connectivity index (χ0v) is 14.2. The fourth-order valence-corrected chi connectivity index (χ4v) is 3.27. The van der Waals surface area contributed by atoms with Gasteiger partial charge in [0.05, 0.1) is 0 Å². The van der Waals surface area contributed by atoms with Crippen LogP contribution in [0.2, 0.25) is 10.3 Å². The summed E-state index contributed by atoms with van der Waals surface area (Å²) in [5, 5.41) is 1.75. The SMILES string of the molecule is Clc1cc(Cl)nc(-c2cccc3c2ccn3Cc2ccccc2)n1. The number of halogens is 2. The van der Waals surface area contributed by atoms with E-state index >= 15 is 0 Å². The van der Waals surface area contributed by atoms with E-state index < -0.39 is 0 Å². The maximum atomic E-state index is 6.02. The first kappa shape index (κ1) is 15.2. The molecule has 0 saturated carbocycles. The summed E-state index contributed by atoms with van der Waals surface area (Å²) in [6.07, 6.45) is 2.08. The Hall–Kier alpha value is -2.36. The highest BCUT2D eigenvalue weighted by molar-refractivity contribution is 6.33. The number of rotatable bonds is 3. The van der Waals surface area contributed by atoms with Gasteiger partial charge in [-0.25, -0.2) is 9.97 Å². The Labute approximate surface area is 149 Å². The molecule has 0 aliphatic carbocycles. The van der Waals surface area contributed by atoms with E-state index in [0.717, 1.165) is 23.0 Å². The summed E-state index contributed by atoms with van der Waals surface area (Å²) in [7, 11) is 0. The minimum Gasteiger partial charge on any atom is -0.343 e. The number of benzene rings is 2. The largest absolute Gasteiger partial charge is 0.343 e. The van der Waals surface area contributed by atoms with Gasteiger partial charge in [0.25, 0.3) is 0 Å². The van der Waals surface area contributed by atoms with Crippen molar-refractivity contribution in [2.75, 3.05) is 0 Å². The maximum Gasteiger partial charge on any atom is 0.163 e. The molecule has 0 atom stereocenters. The molecule has 0 saturated heterocycles. The van der Waals surface area contributed by atoms with Crippen molar-refractivity contribution in [2.24, 2.45) is 0 Å². The van der Waals surface area contributed by atoms with Crippen molar-refractivity contribution in [2.45, 2.75) is 6.54 Å². The lowest BCUT2D eigenvalue weighted by Gasteiger charge is -2.07. The van der Waals surface area contributed by atoms with Crippen LogP contribution >= 0.6 is 23.2 Å². The van der Waals surface area contributed by atoms with Crippen molar-refractivity contribution in [1.29, 1.82) is 0 Å². The van der Waals surface area contributed by atoms with Crippen molar-refractivity contribution in [3.63, 3.8) is 0 Å². The third-order valence-electron chi connectivity index (χ3n) is 3.91. The van der Waals surface area contributed by atoms with E-state index in [-0.39, 0.29) is 0 Å². The van der Waals surface area contributed by atoms with Crippen molar-refractivity contribution in [3.8, 4) is 11.4 Å². The van der Waals surface area contributed by atoms with Crippen LogP contribution in [0.1, 0.15) is 5.56 Å². The molecule has 3 nitrogen and oxygen atoms in total. The highest BCUT2D eigenvalue weighted by Gasteiger charge is 2.11. The Morgan fingerprint density at radius 1 is 0.833 bits per heavy atom. The lowest BCUT2D eigenvalue weighted by Crippen LogP contribution is -1.97. The summed E-state index contributed by atoms with van der Waals surface area (Å²) in [6, 6.07) is 20.0. The van der Waals surface area contributed by atoms with Crippen LogP contribution in [0.15, 0.2) is 66.9 Å². The van der Waals surface area contributed by atoms with E-state index in [1.165, 1.54) is 11.6 Å². The molecule has 0 unspecified atom stereocenters. The topological polar surface area (TPSA) is 30.7 Å². The zero-order chi connectivity index (χ0) is 16.5. The summed E-state index contributed by atoms with van der Waals surface area (Å²) in [5.74, 6) is 0.538. The molecule has 2 aromatic heterocycles. The van der Waals surface area contributed by atoms with Gasteiger partial charge in [-0.1, -0.05) is 65.7 Å². The van der Waals surface area contributed by atoms with E-state index in [2.05, 4.69) is 45.0 Å². The molecule has 2 heterocycles. The van der Waals surface area contributed by atoms with Crippen LogP contribution in [0.25, 0.3) is 22.3 Å².